The molecule has 2 saturated carbocycles. The number of nitrogens with zero attached hydrogens (tertiary/aromatic N) is 12. The monoisotopic (exact) mass is 986 g/mol. The number of hydrogen-bond acceptors (Lipinski definition) is 13. The number of nitrogens with two attached hydrogens (primary N) is 2. The number of carbonyl (C=O) groups is 1. The van der Waals surface area contributed by atoms with Crippen molar-refractivity contribution in [1.82, 2.24) is 54.9 Å². The van der Waals surface area contributed by atoms with E-state index in [9.17, 15) is 13.6 Å². The lowest BCUT2D eigenvalue weighted by Gasteiger charge is -2.26. The molecule has 3 aromatic carbocycles. The molecule has 364 valence electrons. The van der Waals surface area contributed by atoms with Crippen LogP contribution in [0.5, 0.6) is 0 Å². The third-order valence-corrected chi connectivity index (χ3v) is 16.7. The largest absolute Gasteiger partial charge is 0.355 e. The van der Waals surface area contributed by atoms with Gasteiger partial charge < -0.3 is 26.2 Å². The quantitative estimate of drug-likeness (QED) is 0.117. The van der Waals surface area contributed by atoms with Gasteiger partial charge in [0, 0.05) is 86.1 Å². The van der Waals surface area contributed by atoms with Gasteiger partial charge in [0.1, 0.15) is 40.6 Å². The van der Waals surface area contributed by atoms with Crippen molar-refractivity contribution in [2.24, 2.45) is 35.1 Å². The Morgan fingerprint density at radius 1 is 0.708 bits per heavy atom. The molecule has 0 radical (unpaired) electrons. The molecule has 5 aliphatic rings. The maximum Gasteiger partial charge on any atom is 0.227 e. The number of carbonyl (C=O) groups excluding carboxylic acids is 1. The van der Waals surface area contributed by atoms with E-state index in [1.54, 1.807) is 33.9 Å². The maximum absolute atomic E-state index is 14.7. The lowest BCUT2D eigenvalue weighted by atomic mass is 9.91. The molecule has 1 amide bonds. The molecule has 0 spiro atoms. The minimum absolute atomic E-state index is 0.118. The fourth-order valence-corrected chi connectivity index (χ4v) is 13.0. The number of anilines is 3. The van der Waals surface area contributed by atoms with Gasteiger partial charge in [-0.1, -0.05) is 48.0 Å². The number of H-pyrrole nitrogens is 2. The molecule has 6 N–H and O–H groups in total. The number of halogens is 3. The zero-order valence-electron chi connectivity index (χ0n) is 39.0. The molecule has 6 aromatic heterocycles. The summed E-state index contributed by atoms with van der Waals surface area (Å²) in [6, 6.07) is 23.5. The number of pyridine rings is 1. The van der Waals surface area contributed by atoms with Gasteiger partial charge in [0.15, 0.2) is 5.65 Å². The third-order valence-electron chi connectivity index (χ3n) is 16.4. The molecular weight excluding hydrogens is 938 g/mol. The minimum Gasteiger partial charge on any atom is -0.355 e. The van der Waals surface area contributed by atoms with Crippen LogP contribution in [-0.2, 0) is 15.6 Å². The van der Waals surface area contributed by atoms with Gasteiger partial charge in [0.05, 0.1) is 28.8 Å². The maximum atomic E-state index is 14.7. The van der Waals surface area contributed by atoms with Crippen molar-refractivity contribution >= 4 is 62.8 Å². The highest BCUT2D eigenvalue weighted by Gasteiger charge is 2.67. The Morgan fingerprint density at radius 2 is 1.31 bits per heavy atom. The van der Waals surface area contributed by atoms with Gasteiger partial charge in [0.2, 0.25) is 17.2 Å². The molecule has 6 atom stereocenters. The highest BCUT2D eigenvalue weighted by atomic mass is 35.5. The second-order valence-corrected chi connectivity index (χ2v) is 20.0. The van der Waals surface area contributed by atoms with E-state index in [4.69, 9.17) is 43.0 Å². The average molecular weight is 988 g/mol. The Kier molecular flexibility index (Phi) is 10.6. The second kappa shape index (κ2) is 17.1. The lowest BCUT2D eigenvalue weighted by Crippen LogP contribution is -2.32. The molecule has 0 bridgehead atoms. The predicted molar refractivity (Wildman–Crippen MR) is 269 cm³/mol. The first-order valence-electron chi connectivity index (χ1n) is 24.4. The van der Waals surface area contributed by atoms with Crippen LogP contribution in [0.15, 0.2) is 104 Å². The van der Waals surface area contributed by atoms with Gasteiger partial charge >= 0.3 is 0 Å². The van der Waals surface area contributed by atoms with Crippen molar-refractivity contribution in [3.8, 4) is 22.5 Å². The molecular formula is C52H49ClF2N16O. The Labute approximate surface area is 416 Å². The highest BCUT2D eigenvalue weighted by molar-refractivity contribution is 6.34. The molecule has 0 unspecified atom stereocenters. The van der Waals surface area contributed by atoms with Crippen LogP contribution in [-0.4, -0.2) is 107 Å². The first-order valence-corrected chi connectivity index (χ1v) is 24.8. The Bertz CT molecular complexity index is 3580. The van der Waals surface area contributed by atoms with Gasteiger partial charge in [0.25, 0.3) is 0 Å². The number of hydrogen-bond donors (Lipinski definition) is 4. The van der Waals surface area contributed by atoms with Crippen molar-refractivity contribution in [2.45, 2.75) is 36.5 Å². The SMILES string of the molecule is NC[C@]1(c2ccccc2F)[C@@H]2CCN(c3cnc4c(-c5ccc(N6CCCC6=O)cc5Cl)[nH]nc4n3)C[C@@H]21.NC[C@]1(c2ccccc2F)[C@@H]2CCN(c3cnc4c(-c5ccc6ncnn6c5)[nH]nc4n3)C[C@@H]21. The second-order valence-electron chi connectivity index (χ2n) is 19.6. The van der Waals surface area contributed by atoms with Crippen molar-refractivity contribution in [2.75, 3.05) is 60.5 Å². The molecule has 3 saturated heterocycles. The standard InChI is InChI=1S/C28H27ClFN7O.C24H22FN9/c29-21-12-16(37-10-3-6-24(37)38)7-8-17(21)25-26-27(35-34-25)33-23(13-32-26)36-11-9-18-20(14-36)28(18,15-31)19-4-1-2-5-22(19)30;25-18-4-2-1-3-16(18)24(12-26)15-7-8-33(11-17(15)24)20-9-27-22-21(31-32-23(22)30-20)14-5-6-19-28-13-29-34(19)10-14/h1-2,4-5,7-8,12-13,18,20H,3,6,9-11,14-15,31H2,(H,33,34,35);1-6,9-10,13,15,17H,7-8,11-12,26H2,(H,30,31,32)/t18-,20+,28-;15-,17+,24-/m11/s1. The van der Waals surface area contributed by atoms with Crippen LogP contribution >= 0.6 is 11.6 Å². The number of piperidine rings is 2. The smallest absolute Gasteiger partial charge is 0.227 e. The van der Waals surface area contributed by atoms with Crippen LogP contribution in [0.2, 0.25) is 5.02 Å². The van der Waals surface area contributed by atoms with Gasteiger partial charge in [-0.2, -0.15) is 15.3 Å². The van der Waals surface area contributed by atoms with Crippen molar-refractivity contribution in [3.63, 3.8) is 0 Å². The van der Waals surface area contributed by atoms with E-state index in [0.29, 0.717) is 76.9 Å². The topological polar surface area (TPSA) is 218 Å². The molecule has 2 aliphatic carbocycles. The third kappa shape index (κ3) is 6.95. The van der Waals surface area contributed by atoms with Crippen molar-refractivity contribution in [3.05, 3.63) is 132 Å². The number of benzene rings is 3. The summed E-state index contributed by atoms with van der Waals surface area (Å²) in [7, 11) is 0. The molecule has 20 heteroatoms. The molecule has 9 heterocycles. The summed E-state index contributed by atoms with van der Waals surface area (Å²) >= 11 is 6.64. The molecule has 9 aromatic rings. The highest BCUT2D eigenvalue weighted by Crippen LogP contribution is 2.64. The molecule has 5 fully saturated rings. The summed E-state index contributed by atoms with van der Waals surface area (Å²) in [6.07, 6.45) is 10.3. The number of aromatic amines is 2. The lowest BCUT2D eigenvalue weighted by molar-refractivity contribution is -0.117. The predicted octanol–water partition coefficient (Wildman–Crippen LogP) is 6.85. The summed E-state index contributed by atoms with van der Waals surface area (Å²) < 4.78 is 31.1. The summed E-state index contributed by atoms with van der Waals surface area (Å²) in [5.41, 5.74) is 20.4. The van der Waals surface area contributed by atoms with Crippen LogP contribution in [0.25, 0.3) is 50.5 Å². The van der Waals surface area contributed by atoms with Gasteiger partial charge in [-0.3, -0.25) is 15.0 Å². The number of rotatable bonds is 9. The normalized spacial score (nSPS) is 24.4. The van der Waals surface area contributed by atoms with Crippen LogP contribution in [0.1, 0.15) is 36.8 Å². The van der Waals surface area contributed by atoms with E-state index >= 15 is 0 Å². The van der Waals surface area contributed by atoms with Crippen molar-refractivity contribution < 1.29 is 13.6 Å². The zero-order valence-corrected chi connectivity index (χ0v) is 39.7. The number of amides is 1. The van der Waals surface area contributed by atoms with Crippen LogP contribution in [0.3, 0.4) is 0 Å². The Hall–Kier alpha value is -7.48. The van der Waals surface area contributed by atoms with E-state index in [1.807, 2.05) is 60.8 Å². The van der Waals surface area contributed by atoms with E-state index in [0.717, 1.165) is 96.4 Å². The van der Waals surface area contributed by atoms with E-state index in [2.05, 4.69) is 40.3 Å². The summed E-state index contributed by atoms with van der Waals surface area (Å²) in [5.74, 6) is 2.63. The zero-order chi connectivity index (χ0) is 48.9. The van der Waals surface area contributed by atoms with Gasteiger partial charge in [-0.25, -0.2) is 38.2 Å². The number of nitrogens with one attached hydrogen (secondary N) is 2. The number of fused-ring (bicyclic) bond motifs is 5. The summed E-state index contributed by atoms with van der Waals surface area (Å²) in [5, 5.41) is 19.7. The van der Waals surface area contributed by atoms with E-state index < -0.39 is 0 Å². The molecule has 17 nitrogen and oxygen atoms in total. The van der Waals surface area contributed by atoms with Crippen LogP contribution in [0.4, 0.5) is 26.1 Å². The molecule has 14 rings (SSSR count). The first kappa shape index (κ1) is 44.5. The van der Waals surface area contributed by atoms with Crippen LogP contribution < -0.4 is 26.2 Å². The van der Waals surface area contributed by atoms with Crippen LogP contribution in [0, 0.1) is 35.3 Å². The van der Waals surface area contributed by atoms with E-state index in [1.165, 1.54) is 18.5 Å². The summed E-state index contributed by atoms with van der Waals surface area (Å²) in [6.45, 7) is 4.74. The van der Waals surface area contributed by atoms with Crippen molar-refractivity contribution in [1.29, 1.82) is 0 Å². The summed E-state index contributed by atoms with van der Waals surface area (Å²) in [4.78, 5) is 41.5. The molecule has 72 heavy (non-hydrogen) atoms. The van der Waals surface area contributed by atoms with Gasteiger partial charge in [-0.05, 0) is 96.5 Å². The Morgan fingerprint density at radius 3 is 1.88 bits per heavy atom. The van der Waals surface area contributed by atoms with E-state index in [-0.39, 0.29) is 34.3 Å². The Balaban J connectivity index is 0.000000141. The first-order chi connectivity index (χ1) is 35.2. The average Bonchev–Trinajstić information content (AvgIpc) is 3.74. The molecule has 3 aliphatic heterocycles. The fourth-order valence-electron chi connectivity index (χ4n) is 12.7. The number of aromatic nitrogens is 11. The fraction of sp³-hybridized carbons (Fsp3) is 0.327. The minimum atomic E-state index is -0.320. The van der Waals surface area contributed by atoms with Gasteiger partial charge in [-0.15, -0.1) is 0 Å².